The van der Waals surface area contributed by atoms with Gasteiger partial charge in [0.15, 0.2) is 5.13 Å². The summed E-state index contributed by atoms with van der Waals surface area (Å²) in [7, 11) is 0. The first-order valence-corrected chi connectivity index (χ1v) is 14.6. The number of fused-ring (bicyclic) bond motifs is 2. The molecule has 1 fully saturated rings. The average Bonchev–Trinajstić information content (AvgIpc) is 3.83. The molecule has 5 aromatic heterocycles. The number of thiazole rings is 1. The van der Waals surface area contributed by atoms with E-state index in [1.165, 1.54) is 20.9 Å². The molecule has 6 heterocycles. The lowest BCUT2D eigenvalue weighted by Gasteiger charge is -2.23. The Hall–Kier alpha value is -5.06. The van der Waals surface area contributed by atoms with Crippen LogP contribution in [0.3, 0.4) is 0 Å². The molecule has 14 nitrogen and oxygen atoms in total. The molecule has 6 aromatic rings. The highest BCUT2D eigenvalue weighted by molar-refractivity contribution is 7.14. The van der Waals surface area contributed by atoms with Crippen LogP contribution in [-0.2, 0) is 16.1 Å². The monoisotopic (exact) mass is 615 g/mol. The summed E-state index contributed by atoms with van der Waals surface area (Å²) in [5.41, 5.74) is 10.4. The second-order valence-electron chi connectivity index (χ2n) is 10.5. The molecule has 0 aliphatic carbocycles. The third-order valence-corrected chi connectivity index (χ3v) is 8.41. The van der Waals surface area contributed by atoms with Gasteiger partial charge in [0.1, 0.15) is 36.4 Å². The standard InChI is InChI=1S/C28H26FN11O3S/c1-14-24(38-7-6-31-27(38)34-14)19-13-44-28(35-19)36-26(43)21-9-17(29)11-39(21)22(41)12-40-20-3-2-15(16-4-5-32-33-10-16)8-18(20)23(37-40)25(30)42/h2-8,10,13,17,21,25,42H,9,11-12,30H2,1H3,(H,31,34)(H,35,36,43). The van der Waals surface area contributed by atoms with Gasteiger partial charge < -0.3 is 26.0 Å². The van der Waals surface area contributed by atoms with E-state index in [1.54, 1.807) is 36.8 Å². The van der Waals surface area contributed by atoms with Gasteiger partial charge in [-0.2, -0.15) is 15.3 Å². The third kappa shape index (κ3) is 4.87. The van der Waals surface area contributed by atoms with Crippen molar-refractivity contribution in [2.45, 2.75) is 38.3 Å². The van der Waals surface area contributed by atoms with E-state index in [0.717, 1.165) is 22.5 Å². The molecule has 5 N–H and O–H groups in total. The lowest BCUT2D eigenvalue weighted by molar-refractivity contribution is -0.137. The Balaban J connectivity index is 1.11. The fourth-order valence-corrected chi connectivity index (χ4v) is 6.34. The molecule has 0 spiro atoms. The molecule has 0 radical (unpaired) electrons. The van der Waals surface area contributed by atoms with E-state index < -0.39 is 30.3 Å². The van der Waals surface area contributed by atoms with E-state index in [0.29, 0.717) is 27.5 Å². The number of nitrogens with two attached hydrogens (primary N) is 1. The summed E-state index contributed by atoms with van der Waals surface area (Å²) in [4.78, 5) is 40.1. The van der Waals surface area contributed by atoms with Crippen LogP contribution in [-0.4, -0.2) is 79.9 Å². The number of aryl methyl sites for hydroxylation is 1. The van der Waals surface area contributed by atoms with E-state index in [-0.39, 0.29) is 25.2 Å². The van der Waals surface area contributed by atoms with E-state index >= 15 is 0 Å². The number of anilines is 1. The SMILES string of the molecule is Cc1[nH]c2nccn2c1-c1csc(NC(=O)C2CC(F)CN2C(=O)Cn2nc(C(N)O)c3cc(-c4ccnnc4)ccc32)n1. The van der Waals surface area contributed by atoms with Crippen LogP contribution >= 0.6 is 11.3 Å². The number of hydrogen-bond acceptors (Lipinski definition) is 10. The van der Waals surface area contributed by atoms with Gasteiger partial charge in [0, 0.05) is 40.8 Å². The Kier molecular flexibility index (Phi) is 6.87. The topological polar surface area (TPSA) is 185 Å². The number of benzene rings is 1. The first-order valence-electron chi connectivity index (χ1n) is 13.7. The molecule has 3 unspecified atom stereocenters. The second-order valence-corrected chi connectivity index (χ2v) is 11.4. The van der Waals surface area contributed by atoms with Crippen molar-refractivity contribution in [1.29, 1.82) is 0 Å². The molecular formula is C28H26FN11O3S. The predicted octanol–water partition coefficient (Wildman–Crippen LogP) is 2.43. The molecule has 224 valence electrons. The maximum atomic E-state index is 14.7. The number of aliphatic hydroxyl groups excluding tert-OH is 1. The third-order valence-electron chi connectivity index (χ3n) is 7.65. The predicted molar refractivity (Wildman–Crippen MR) is 159 cm³/mol. The Morgan fingerprint density at radius 3 is 2.91 bits per heavy atom. The molecule has 0 saturated carbocycles. The van der Waals surface area contributed by atoms with Gasteiger partial charge in [0.2, 0.25) is 17.6 Å². The van der Waals surface area contributed by atoms with Crippen LogP contribution in [0.2, 0.25) is 0 Å². The minimum absolute atomic E-state index is 0.141. The first kappa shape index (κ1) is 27.8. The van der Waals surface area contributed by atoms with Crippen LogP contribution in [0.1, 0.15) is 24.0 Å². The van der Waals surface area contributed by atoms with E-state index in [1.807, 2.05) is 29.0 Å². The summed E-state index contributed by atoms with van der Waals surface area (Å²) in [6, 6.07) is 6.13. The molecule has 1 aliphatic heterocycles. The van der Waals surface area contributed by atoms with Crippen molar-refractivity contribution in [3.05, 3.63) is 65.8 Å². The van der Waals surface area contributed by atoms with Crippen LogP contribution in [0.15, 0.2) is 54.4 Å². The highest BCUT2D eigenvalue weighted by atomic mass is 32.1. The number of hydrogen-bond donors (Lipinski definition) is 4. The van der Waals surface area contributed by atoms with E-state index in [2.05, 4.69) is 35.6 Å². The fourth-order valence-electron chi connectivity index (χ4n) is 5.64. The number of aliphatic hydroxyl groups is 1. The van der Waals surface area contributed by atoms with Crippen LogP contribution < -0.4 is 11.1 Å². The molecule has 1 aromatic carbocycles. The number of aromatic nitrogens is 8. The molecule has 0 bridgehead atoms. The molecule has 44 heavy (non-hydrogen) atoms. The lowest BCUT2D eigenvalue weighted by atomic mass is 10.0. The number of nitrogens with one attached hydrogen (secondary N) is 2. The number of rotatable bonds is 7. The van der Waals surface area contributed by atoms with Gasteiger partial charge in [-0.15, -0.1) is 11.3 Å². The van der Waals surface area contributed by atoms with Crippen molar-refractivity contribution in [2.75, 3.05) is 11.9 Å². The quantitative estimate of drug-likeness (QED) is 0.196. The van der Waals surface area contributed by atoms with Crippen LogP contribution in [0, 0.1) is 6.92 Å². The number of halogens is 1. The summed E-state index contributed by atoms with van der Waals surface area (Å²) < 4.78 is 17.9. The number of alkyl halides is 1. The summed E-state index contributed by atoms with van der Waals surface area (Å²) in [5, 5.41) is 27.8. The Labute approximate surface area is 252 Å². The normalized spacial score (nSPS) is 17.5. The molecule has 1 aliphatic rings. The van der Waals surface area contributed by atoms with Crippen LogP contribution in [0.25, 0.3) is 39.2 Å². The van der Waals surface area contributed by atoms with Gasteiger partial charge in [0.25, 0.3) is 0 Å². The van der Waals surface area contributed by atoms with Gasteiger partial charge in [-0.25, -0.2) is 14.4 Å². The van der Waals surface area contributed by atoms with Crippen molar-refractivity contribution < 1.29 is 19.1 Å². The van der Waals surface area contributed by atoms with Crippen molar-refractivity contribution >= 4 is 45.0 Å². The van der Waals surface area contributed by atoms with Crippen molar-refractivity contribution in [2.24, 2.45) is 5.73 Å². The summed E-state index contributed by atoms with van der Waals surface area (Å²) in [6.45, 7) is 1.39. The zero-order valence-electron chi connectivity index (χ0n) is 23.3. The summed E-state index contributed by atoms with van der Waals surface area (Å²) in [6.07, 6.45) is 3.74. The van der Waals surface area contributed by atoms with Gasteiger partial charge in [-0.1, -0.05) is 6.07 Å². The Morgan fingerprint density at radius 1 is 1.25 bits per heavy atom. The highest BCUT2D eigenvalue weighted by Crippen LogP contribution is 2.31. The van der Waals surface area contributed by atoms with E-state index in [4.69, 9.17) is 5.73 Å². The van der Waals surface area contributed by atoms with Gasteiger partial charge >= 0.3 is 0 Å². The zero-order valence-corrected chi connectivity index (χ0v) is 24.1. The number of carbonyl (C=O) groups excluding carboxylic acids is 2. The summed E-state index contributed by atoms with van der Waals surface area (Å²) in [5.74, 6) is -0.355. The zero-order chi connectivity index (χ0) is 30.5. The lowest BCUT2D eigenvalue weighted by Crippen LogP contribution is -2.44. The number of H-pyrrole nitrogens is 1. The summed E-state index contributed by atoms with van der Waals surface area (Å²) >= 11 is 1.23. The smallest absolute Gasteiger partial charge is 0.249 e. The highest BCUT2D eigenvalue weighted by Gasteiger charge is 2.40. The number of nitrogens with zero attached hydrogens (tertiary/aromatic N) is 8. The van der Waals surface area contributed by atoms with Crippen LogP contribution in [0.4, 0.5) is 9.52 Å². The maximum absolute atomic E-state index is 14.7. The Bertz CT molecular complexity index is 2010. The molecule has 2 amide bonds. The van der Waals surface area contributed by atoms with Crippen molar-refractivity contribution in [3.8, 4) is 22.5 Å². The number of carbonyl (C=O) groups is 2. The molecule has 7 rings (SSSR count). The number of imidazole rings is 2. The van der Waals surface area contributed by atoms with E-state index in [9.17, 15) is 19.1 Å². The average molecular weight is 616 g/mol. The second kappa shape index (κ2) is 10.9. The maximum Gasteiger partial charge on any atom is 0.249 e. The minimum Gasteiger partial charge on any atom is -0.373 e. The number of amides is 2. The molecule has 3 atom stereocenters. The van der Waals surface area contributed by atoms with Gasteiger partial charge in [0.05, 0.1) is 30.1 Å². The van der Waals surface area contributed by atoms with Gasteiger partial charge in [-0.3, -0.25) is 18.7 Å². The number of likely N-dealkylation sites (tertiary alicyclic amines) is 1. The van der Waals surface area contributed by atoms with Gasteiger partial charge in [-0.05, 0) is 30.7 Å². The minimum atomic E-state index is -1.40. The largest absolute Gasteiger partial charge is 0.373 e. The fraction of sp³-hybridized carbons (Fsp3) is 0.250. The van der Waals surface area contributed by atoms with Crippen molar-refractivity contribution in [1.82, 2.24) is 44.2 Å². The molecular weight excluding hydrogens is 589 g/mol. The molecule has 1 saturated heterocycles. The van der Waals surface area contributed by atoms with Crippen LogP contribution in [0.5, 0.6) is 0 Å². The number of aromatic amines is 1. The molecule has 16 heteroatoms. The first-order chi connectivity index (χ1) is 21.3. The van der Waals surface area contributed by atoms with Crippen molar-refractivity contribution in [3.63, 3.8) is 0 Å². The Morgan fingerprint density at radius 2 is 2.11 bits per heavy atom.